The minimum absolute atomic E-state index is 0.300. The van der Waals surface area contributed by atoms with Gasteiger partial charge >= 0.3 is 5.97 Å². The van der Waals surface area contributed by atoms with Gasteiger partial charge in [-0.2, -0.15) is 0 Å². The van der Waals surface area contributed by atoms with Gasteiger partial charge in [0.25, 0.3) is 0 Å². The van der Waals surface area contributed by atoms with Crippen molar-refractivity contribution in [1.82, 2.24) is 0 Å². The number of esters is 1. The molecule has 2 aromatic carbocycles. The van der Waals surface area contributed by atoms with E-state index in [2.05, 4.69) is 27.7 Å². The topological polar surface area (TPSA) is 26.3 Å². The highest BCUT2D eigenvalue weighted by Gasteiger charge is 2.18. The van der Waals surface area contributed by atoms with E-state index in [4.69, 9.17) is 4.74 Å². The average Bonchev–Trinajstić information content (AvgIpc) is 2.47. The molecule has 0 N–H and O–H groups in total. The molecule has 0 aliphatic rings. The molecule has 0 atom stereocenters. The van der Waals surface area contributed by atoms with Crippen LogP contribution in [-0.4, -0.2) is 5.97 Å². The molecule has 0 aliphatic heterocycles. The molecule has 0 saturated heterocycles. The van der Waals surface area contributed by atoms with Crippen molar-refractivity contribution in [2.24, 2.45) is 0 Å². The number of carbonyl (C=O) groups is 1. The fourth-order valence-electron chi connectivity index (χ4n) is 2.33. The Bertz CT molecular complexity index is 586. The first-order chi connectivity index (χ1) is 10.0. The lowest BCUT2D eigenvalue weighted by Crippen LogP contribution is -2.12. The molecule has 21 heavy (non-hydrogen) atoms. The van der Waals surface area contributed by atoms with Crippen LogP contribution in [0.15, 0.2) is 48.5 Å². The molecule has 0 heterocycles. The third-order valence-corrected chi connectivity index (χ3v) is 3.52. The number of para-hydroxylation sites is 1. The van der Waals surface area contributed by atoms with E-state index in [0.29, 0.717) is 17.4 Å². The zero-order chi connectivity index (χ0) is 15.4. The molecule has 2 nitrogen and oxygen atoms in total. The Morgan fingerprint density at radius 1 is 0.810 bits per heavy atom. The van der Waals surface area contributed by atoms with Gasteiger partial charge in [-0.15, -0.1) is 0 Å². The molecule has 0 radical (unpaired) electrons. The molecule has 2 heteroatoms. The van der Waals surface area contributed by atoms with Gasteiger partial charge in [0.15, 0.2) is 0 Å². The second-order valence-corrected chi connectivity index (χ2v) is 5.83. The lowest BCUT2D eigenvalue weighted by molar-refractivity contribution is 0.0731. The highest BCUT2D eigenvalue weighted by molar-refractivity contribution is 5.91. The molecule has 0 unspecified atom stereocenters. The lowest BCUT2D eigenvalue weighted by atomic mass is 9.94. The van der Waals surface area contributed by atoms with Gasteiger partial charge < -0.3 is 4.74 Å². The highest BCUT2D eigenvalue weighted by atomic mass is 16.5. The van der Waals surface area contributed by atoms with Crippen LogP contribution in [0.3, 0.4) is 0 Å². The Balaban J connectivity index is 2.40. The molecule has 0 bridgehead atoms. The maximum Gasteiger partial charge on any atom is 0.343 e. The summed E-state index contributed by atoms with van der Waals surface area (Å²) in [6.07, 6.45) is 0. The van der Waals surface area contributed by atoms with Gasteiger partial charge in [-0.05, 0) is 35.1 Å². The highest BCUT2D eigenvalue weighted by Crippen LogP contribution is 2.34. The normalized spacial score (nSPS) is 11.0. The average molecular weight is 282 g/mol. The summed E-state index contributed by atoms with van der Waals surface area (Å²) in [7, 11) is 0. The molecule has 2 aromatic rings. The Morgan fingerprint density at radius 3 is 1.81 bits per heavy atom. The Labute approximate surface area is 126 Å². The van der Waals surface area contributed by atoms with Gasteiger partial charge in [-0.25, -0.2) is 4.79 Å². The minimum atomic E-state index is -0.300. The van der Waals surface area contributed by atoms with Gasteiger partial charge in [0.2, 0.25) is 0 Å². The number of rotatable bonds is 4. The van der Waals surface area contributed by atoms with Crippen LogP contribution in [-0.2, 0) is 0 Å². The van der Waals surface area contributed by atoms with Crippen LogP contribution < -0.4 is 4.74 Å². The summed E-state index contributed by atoms with van der Waals surface area (Å²) in [5.74, 6) is 1.03. The number of carbonyl (C=O) groups excluding carboxylic acids is 1. The molecule has 0 aliphatic carbocycles. The molecule has 0 spiro atoms. The summed E-state index contributed by atoms with van der Waals surface area (Å²) in [4.78, 5) is 12.3. The predicted octanol–water partition coefficient (Wildman–Crippen LogP) is 5.15. The van der Waals surface area contributed by atoms with Gasteiger partial charge in [0.05, 0.1) is 5.56 Å². The van der Waals surface area contributed by atoms with E-state index in [9.17, 15) is 4.79 Å². The zero-order valence-electron chi connectivity index (χ0n) is 13.1. The van der Waals surface area contributed by atoms with E-state index in [1.165, 1.54) is 0 Å². The monoisotopic (exact) mass is 282 g/mol. The second kappa shape index (κ2) is 6.57. The number of hydrogen-bond donors (Lipinski definition) is 0. The maximum atomic E-state index is 12.3. The van der Waals surface area contributed by atoms with Crippen molar-refractivity contribution in [3.05, 3.63) is 65.2 Å². The summed E-state index contributed by atoms with van der Waals surface area (Å²) < 4.78 is 5.75. The molecule has 110 valence electrons. The SMILES string of the molecule is CC(C)c1cccc(C(C)C)c1OC(=O)c1ccccc1. The van der Waals surface area contributed by atoms with Crippen molar-refractivity contribution in [2.45, 2.75) is 39.5 Å². The summed E-state index contributed by atoms with van der Waals surface area (Å²) >= 11 is 0. The lowest BCUT2D eigenvalue weighted by Gasteiger charge is -2.18. The van der Waals surface area contributed by atoms with E-state index >= 15 is 0 Å². The standard InChI is InChI=1S/C19H22O2/c1-13(2)16-11-8-12-17(14(3)4)18(16)21-19(20)15-9-6-5-7-10-15/h5-14H,1-4H3. The number of ether oxygens (including phenoxy) is 1. The van der Waals surface area contributed by atoms with E-state index < -0.39 is 0 Å². The van der Waals surface area contributed by atoms with Crippen LogP contribution in [0.5, 0.6) is 5.75 Å². The third kappa shape index (κ3) is 3.52. The summed E-state index contributed by atoms with van der Waals surface area (Å²) in [6.45, 7) is 8.44. The van der Waals surface area contributed by atoms with Gasteiger partial charge in [-0.1, -0.05) is 64.1 Å². The molecular weight excluding hydrogens is 260 g/mol. The van der Waals surface area contributed by atoms with Crippen molar-refractivity contribution < 1.29 is 9.53 Å². The molecule has 2 rings (SSSR count). The molecule has 0 aromatic heterocycles. The van der Waals surface area contributed by atoms with Crippen LogP contribution in [0.1, 0.15) is 61.0 Å². The summed E-state index contributed by atoms with van der Waals surface area (Å²) in [5, 5.41) is 0. The van der Waals surface area contributed by atoms with E-state index in [-0.39, 0.29) is 5.97 Å². The maximum absolute atomic E-state index is 12.3. The smallest absolute Gasteiger partial charge is 0.343 e. The van der Waals surface area contributed by atoms with Crippen molar-refractivity contribution >= 4 is 5.97 Å². The molecular formula is C19H22O2. The first-order valence-corrected chi connectivity index (χ1v) is 7.40. The van der Waals surface area contributed by atoms with E-state index in [0.717, 1.165) is 16.9 Å². The second-order valence-electron chi connectivity index (χ2n) is 5.83. The van der Waals surface area contributed by atoms with Crippen LogP contribution in [0.2, 0.25) is 0 Å². The van der Waals surface area contributed by atoms with Crippen LogP contribution in [0.4, 0.5) is 0 Å². The summed E-state index contributed by atoms with van der Waals surface area (Å²) in [5.41, 5.74) is 2.72. The first kappa shape index (κ1) is 15.3. The molecule has 0 amide bonds. The van der Waals surface area contributed by atoms with Gasteiger partial charge in [0, 0.05) is 0 Å². The van der Waals surface area contributed by atoms with Crippen molar-refractivity contribution in [3.63, 3.8) is 0 Å². The largest absolute Gasteiger partial charge is 0.422 e. The van der Waals surface area contributed by atoms with Crippen LogP contribution >= 0.6 is 0 Å². The van der Waals surface area contributed by atoms with Gasteiger partial charge in [-0.3, -0.25) is 0 Å². The fraction of sp³-hybridized carbons (Fsp3) is 0.316. The Morgan fingerprint density at radius 2 is 1.33 bits per heavy atom. The van der Waals surface area contributed by atoms with Crippen molar-refractivity contribution in [3.8, 4) is 5.75 Å². The number of hydrogen-bond acceptors (Lipinski definition) is 2. The quantitative estimate of drug-likeness (QED) is 0.572. The van der Waals surface area contributed by atoms with Crippen LogP contribution in [0.25, 0.3) is 0 Å². The van der Waals surface area contributed by atoms with Crippen molar-refractivity contribution in [2.75, 3.05) is 0 Å². The fourth-order valence-corrected chi connectivity index (χ4v) is 2.33. The summed E-state index contributed by atoms with van der Waals surface area (Å²) in [6, 6.07) is 15.2. The first-order valence-electron chi connectivity index (χ1n) is 7.40. The Kier molecular flexibility index (Phi) is 4.79. The molecule has 0 fully saturated rings. The predicted molar refractivity (Wildman–Crippen MR) is 86.0 cm³/mol. The van der Waals surface area contributed by atoms with E-state index in [1.54, 1.807) is 12.1 Å². The minimum Gasteiger partial charge on any atom is -0.422 e. The van der Waals surface area contributed by atoms with Gasteiger partial charge in [0.1, 0.15) is 5.75 Å². The zero-order valence-corrected chi connectivity index (χ0v) is 13.1. The van der Waals surface area contributed by atoms with E-state index in [1.807, 2.05) is 36.4 Å². The Hall–Kier alpha value is -2.09. The van der Waals surface area contributed by atoms with Crippen LogP contribution in [0, 0.1) is 0 Å². The number of benzene rings is 2. The molecule has 0 saturated carbocycles. The van der Waals surface area contributed by atoms with Crippen molar-refractivity contribution in [1.29, 1.82) is 0 Å². The third-order valence-electron chi connectivity index (χ3n) is 3.52.